The van der Waals surface area contributed by atoms with E-state index in [1.165, 1.54) is 0 Å². The van der Waals surface area contributed by atoms with Crippen LogP contribution in [0.15, 0.2) is 48.8 Å². The van der Waals surface area contributed by atoms with Crippen LogP contribution in [0.3, 0.4) is 0 Å². The first-order chi connectivity index (χ1) is 11.2. The van der Waals surface area contributed by atoms with Crippen LogP contribution < -0.4 is 10.1 Å². The lowest BCUT2D eigenvalue weighted by Crippen LogP contribution is -2.35. The summed E-state index contributed by atoms with van der Waals surface area (Å²) in [7, 11) is 2.13. The molecule has 23 heavy (non-hydrogen) atoms. The molecule has 5 nitrogen and oxygen atoms in total. The van der Waals surface area contributed by atoms with E-state index in [-0.39, 0.29) is 12.0 Å². The van der Waals surface area contributed by atoms with Crippen molar-refractivity contribution < 1.29 is 9.53 Å². The summed E-state index contributed by atoms with van der Waals surface area (Å²) in [5, 5.41) is 2.89. The van der Waals surface area contributed by atoms with E-state index in [2.05, 4.69) is 22.2 Å². The number of pyridine rings is 1. The first-order valence-corrected chi connectivity index (χ1v) is 7.87. The van der Waals surface area contributed by atoms with Gasteiger partial charge in [0.25, 0.3) is 5.91 Å². The molecule has 1 aromatic carbocycles. The molecule has 0 atom stereocenters. The highest BCUT2D eigenvalue weighted by Crippen LogP contribution is 2.22. The van der Waals surface area contributed by atoms with Crippen LogP contribution in [0.1, 0.15) is 23.2 Å². The molecule has 0 saturated carbocycles. The molecule has 3 rings (SSSR count). The number of rotatable bonds is 4. The fourth-order valence-electron chi connectivity index (χ4n) is 2.65. The first-order valence-electron chi connectivity index (χ1n) is 7.87. The number of hydrogen-bond donors (Lipinski definition) is 1. The Morgan fingerprint density at radius 1 is 1.22 bits per heavy atom. The highest BCUT2D eigenvalue weighted by atomic mass is 16.5. The van der Waals surface area contributed by atoms with Gasteiger partial charge in [-0.25, -0.2) is 0 Å². The Hall–Kier alpha value is -2.40. The van der Waals surface area contributed by atoms with Crippen molar-refractivity contribution in [3.05, 3.63) is 54.4 Å². The van der Waals surface area contributed by atoms with Gasteiger partial charge in [0.1, 0.15) is 11.9 Å². The van der Waals surface area contributed by atoms with Crippen LogP contribution in [-0.4, -0.2) is 42.0 Å². The largest absolute Gasteiger partial charge is 0.490 e. The van der Waals surface area contributed by atoms with Gasteiger partial charge >= 0.3 is 0 Å². The molecule has 0 radical (unpaired) electrons. The highest BCUT2D eigenvalue weighted by molar-refractivity contribution is 6.04. The van der Waals surface area contributed by atoms with Crippen molar-refractivity contribution >= 4 is 11.6 Å². The molecule has 1 amide bonds. The van der Waals surface area contributed by atoms with Crippen molar-refractivity contribution in [1.29, 1.82) is 0 Å². The number of anilines is 1. The zero-order valence-corrected chi connectivity index (χ0v) is 13.2. The maximum absolute atomic E-state index is 12.2. The number of nitrogens with zero attached hydrogens (tertiary/aromatic N) is 2. The predicted molar refractivity (Wildman–Crippen MR) is 89.8 cm³/mol. The van der Waals surface area contributed by atoms with E-state index in [0.717, 1.165) is 37.4 Å². The van der Waals surface area contributed by atoms with Gasteiger partial charge < -0.3 is 15.0 Å². The van der Waals surface area contributed by atoms with Crippen LogP contribution in [0.25, 0.3) is 0 Å². The number of hydrogen-bond acceptors (Lipinski definition) is 4. The van der Waals surface area contributed by atoms with Crippen molar-refractivity contribution in [2.24, 2.45) is 0 Å². The molecule has 2 aromatic rings. The fraction of sp³-hybridized carbons (Fsp3) is 0.333. The number of benzene rings is 1. The second kappa shape index (κ2) is 7.24. The number of carbonyl (C=O) groups is 1. The number of aromatic nitrogens is 1. The third kappa shape index (κ3) is 4.29. The number of likely N-dealkylation sites (tertiary alicyclic amines) is 1. The molecule has 0 unspecified atom stereocenters. The molecule has 1 aliphatic rings. The average Bonchev–Trinajstić information content (AvgIpc) is 2.58. The zero-order chi connectivity index (χ0) is 16.1. The van der Waals surface area contributed by atoms with Crippen molar-refractivity contribution in [2.45, 2.75) is 18.9 Å². The minimum atomic E-state index is -0.149. The van der Waals surface area contributed by atoms with E-state index in [4.69, 9.17) is 4.74 Å². The van der Waals surface area contributed by atoms with Gasteiger partial charge in [0.15, 0.2) is 0 Å². The minimum Gasteiger partial charge on any atom is -0.490 e. The summed E-state index contributed by atoms with van der Waals surface area (Å²) in [6.45, 7) is 2.12. The lowest BCUT2D eigenvalue weighted by atomic mass is 10.1. The average molecular weight is 311 g/mol. The summed E-state index contributed by atoms with van der Waals surface area (Å²) in [6.07, 6.45) is 5.52. The third-order valence-corrected chi connectivity index (χ3v) is 4.00. The van der Waals surface area contributed by atoms with Crippen LogP contribution in [0, 0.1) is 0 Å². The lowest BCUT2D eigenvalue weighted by Gasteiger charge is -2.29. The Balaban J connectivity index is 1.62. The molecule has 5 heteroatoms. The van der Waals surface area contributed by atoms with Crippen LogP contribution in [0.5, 0.6) is 5.75 Å². The van der Waals surface area contributed by atoms with Gasteiger partial charge in [-0.2, -0.15) is 0 Å². The Labute approximate surface area is 136 Å². The van der Waals surface area contributed by atoms with E-state index < -0.39 is 0 Å². The quantitative estimate of drug-likeness (QED) is 0.943. The normalized spacial score (nSPS) is 16.0. The van der Waals surface area contributed by atoms with Crippen LogP contribution in [-0.2, 0) is 0 Å². The Bertz CT molecular complexity index is 652. The van der Waals surface area contributed by atoms with E-state index in [0.29, 0.717) is 5.56 Å². The Morgan fingerprint density at radius 2 is 1.96 bits per heavy atom. The molecule has 1 aromatic heterocycles. The molecule has 0 bridgehead atoms. The van der Waals surface area contributed by atoms with E-state index in [1.54, 1.807) is 24.5 Å². The number of carbonyl (C=O) groups excluding carboxylic acids is 1. The number of piperidine rings is 1. The standard InChI is InChI=1S/C18H21N3O2/c1-21-11-7-16(8-12-21)23-17-4-2-3-15(13-17)20-18(22)14-5-9-19-10-6-14/h2-6,9-10,13,16H,7-8,11-12H2,1H3,(H,20,22). The number of nitrogens with one attached hydrogen (secondary N) is 1. The van der Waals surface area contributed by atoms with Gasteiger partial charge in [-0.15, -0.1) is 0 Å². The summed E-state index contributed by atoms with van der Waals surface area (Å²) >= 11 is 0. The molecular formula is C18H21N3O2. The van der Waals surface area contributed by atoms with Gasteiger partial charge in [0.2, 0.25) is 0 Å². The Kier molecular flexibility index (Phi) is 4.88. The van der Waals surface area contributed by atoms with Crippen LogP contribution in [0.2, 0.25) is 0 Å². The van der Waals surface area contributed by atoms with Crippen molar-refractivity contribution in [3.63, 3.8) is 0 Å². The SMILES string of the molecule is CN1CCC(Oc2cccc(NC(=O)c3ccncc3)c2)CC1. The fourth-order valence-corrected chi connectivity index (χ4v) is 2.65. The monoisotopic (exact) mass is 311 g/mol. The topological polar surface area (TPSA) is 54.5 Å². The lowest BCUT2D eigenvalue weighted by molar-refractivity contribution is 0.102. The van der Waals surface area contributed by atoms with Crippen LogP contribution >= 0.6 is 0 Å². The van der Waals surface area contributed by atoms with Gasteiger partial charge in [0, 0.05) is 42.8 Å². The smallest absolute Gasteiger partial charge is 0.255 e. The first kappa shape index (κ1) is 15.5. The number of amides is 1. The van der Waals surface area contributed by atoms with Gasteiger partial charge in [-0.05, 0) is 44.2 Å². The van der Waals surface area contributed by atoms with E-state index in [9.17, 15) is 4.79 Å². The molecule has 0 aliphatic carbocycles. The Morgan fingerprint density at radius 3 is 2.70 bits per heavy atom. The van der Waals surface area contributed by atoms with Crippen molar-refractivity contribution in [1.82, 2.24) is 9.88 Å². The van der Waals surface area contributed by atoms with Gasteiger partial charge in [-0.1, -0.05) is 6.07 Å². The minimum absolute atomic E-state index is 0.149. The second-order valence-electron chi connectivity index (χ2n) is 5.84. The predicted octanol–water partition coefficient (Wildman–Crippen LogP) is 2.81. The molecule has 1 N–H and O–H groups in total. The maximum Gasteiger partial charge on any atom is 0.255 e. The van der Waals surface area contributed by atoms with Crippen molar-refractivity contribution in [3.8, 4) is 5.75 Å². The molecule has 1 aliphatic heterocycles. The molecule has 1 saturated heterocycles. The highest BCUT2D eigenvalue weighted by Gasteiger charge is 2.18. The van der Waals surface area contributed by atoms with E-state index in [1.807, 2.05) is 24.3 Å². The molecular weight excluding hydrogens is 290 g/mol. The summed E-state index contributed by atoms with van der Waals surface area (Å²) in [4.78, 5) is 18.4. The number of ether oxygens (including phenoxy) is 1. The summed E-state index contributed by atoms with van der Waals surface area (Å²) < 4.78 is 6.04. The van der Waals surface area contributed by atoms with Crippen molar-refractivity contribution in [2.75, 3.05) is 25.5 Å². The molecule has 0 spiro atoms. The summed E-state index contributed by atoms with van der Waals surface area (Å²) in [5.74, 6) is 0.649. The van der Waals surface area contributed by atoms with Gasteiger partial charge in [-0.3, -0.25) is 9.78 Å². The summed E-state index contributed by atoms with van der Waals surface area (Å²) in [6, 6.07) is 10.9. The maximum atomic E-state index is 12.2. The summed E-state index contributed by atoms with van der Waals surface area (Å²) in [5.41, 5.74) is 1.32. The van der Waals surface area contributed by atoms with E-state index >= 15 is 0 Å². The second-order valence-corrected chi connectivity index (χ2v) is 5.84. The third-order valence-electron chi connectivity index (χ3n) is 4.00. The molecule has 120 valence electrons. The van der Waals surface area contributed by atoms with Crippen LogP contribution in [0.4, 0.5) is 5.69 Å². The molecule has 1 fully saturated rings. The zero-order valence-electron chi connectivity index (χ0n) is 13.2. The van der Waals surface area contributed by atoms with Gasteiger partial charge in [0.05, 0.1) is 0 Å². The molecule has 2 heterocycles.